The minimum atomic E-state index is -0.226. The van der Waals surface area contributed by atoms with Crippen LogP contribution in [0, 0.1) is 5.92 Å². The molecular formula is C14H27NO3. The number of rotatable bonds is 8. The molecular weight excluding hydrogens is 230 g/mol. The fraction of sp³-hybridized carbons (Fsp3) is 0.929. The lowest BCUT2D eigenvalue weighted by Crippen LogP contribution is -2.31. The molecule has 0 amide bonds. The van der Waals surface area contributed by atoms with Crippen molar-refractivity contribution in [2.45, 2.75) is 51.0 Å². The zero-order valence-corrected chi connectivity index (χ0v) is 11.7. The van der Waals surface area contributed by atoms with Crippen molar-refractivity contribution in [1.29, 1.82) is 0 Å². The zero-order chi connectivity index (χ0) is 13.4. The lowest BCUT2D eigenvalue weighted by Gasteiger charge is -2.22. The summed E-state index contributed by atoms with van der Waals surface area (Å²) >= 11 is 0. The monoisotopic (exact) mass is 257 g/mol. The van der Waals surface area contributed by atoms with Gasteiger partial charge >= 0.3 is 5.97 Å². The lowest BCUT2D eigenvalue weighted by atomic mass is 10.00. The number of likely N-dealkylation sites (N-methyl/N-ethyl adjacent to an activating group) is 1. The van der Waals surface area contributed by atoms with Gasteiger partial charge in [-0.15, -0.1) is 0 Å². The Hall–Kier alpha value is -0.610. The molecule has 1 fully saturated rings. The molecule has 0 aromatic carbocycles. The van der Waals surface area contributed by atoms with Gasteiger partial charge in [0.15, 0.2) is 0 Å². The number of carbonyl (C=O) groups excluding carboxylic acids is 1. The minimum Gasteiger partial charge on any atom is -0.469 e. The highest BCUT2D eigenvalue weighted by molar-refractivity contribution is 5.69. The van der Waals surface area contributed by atoms with Crippen LogP contribution in [0.1, 0.15) is 44.9 Å². The first-order valence-electron chi connectivity index (χ1n) is 7.05. The fourth-order valence-corrected chi connectivity index (χ4v) is 2.75. The Labute approximate surface area is 110 Å². The van der Waals surface area contributed by atoms with Crippen molar-refractivity contribution in [2.75, 3.05) is 27.2 Å². The normalized spacial score (nSPS) is 18.2. The van der Waals surface area contributed by atoms with E-state index in [2.05, 4.69) is 9.64 Å². The van der Waals surface area contributed by atoms with Crippen LogP contribution in [0.15, 0.2) is 0 Å². The quantitative estimate of drug-likeness (QED) is 0.674. The summed E-state index contributed by atoms with van der Waals surface area (Å²) in [6.45, 7) is 1.54. The summed E-state index contributed by atoms with van der Waals surface area (Å²) in [5.41, 5.74) is 0. The predicted molar refractivity (Wildman–Crippen MR) is 71.3 cm³/mol. The van der Waals surface area contributed by atoms with Gasteiger partial charge in [0.25, 0.3) is 0 Å². The molecule has 4 heteroatoms. The molecule has 0 aromatic heterocycles. The third kappa shape index (κ3) is 6.36. The maximum Gasteiger partial charge on any atom is 0.305 e. The minimum absolute atomic E-state index is 0.157. The van der Waals surface area contributed by atoms with Crippen LogP contribution in [-0.4, -0.2) is 49.3 Å². The van der Waals surface area contributed by atoms with Gasteiger partial charge in [0.1, 0.15) is 0 Å². The van der Waals surface area contributed by atoms with Gasteiger partial charge in [-0.05, 0) is 32.4 Å². The number of aliphatic hydroxyl groups excluding tert-OH is 1. The summed E-state index contributed by atoms with van der Waals surface area (Å²) in [6, 6.07) is 0. The van der Waals surface area contributed by atoms with Gasteiger partial charge in [0.05, 0.1) is 13.2 Å². The summed E-state index contributed by atoms with van der Waals surface area (Å²) in [6.07, 6.45) is 7.17. The predicted octanol–water partition coefficient (Wildman–Crippen LogP) is 1.81. The van der Waals surface area contributed by atoms with Crippen LogP contribution in [-0.2, 0) is 9.53 Å². The molecule has 1 aliphatic rings. The second kappa shape index (κ2) is 8.48. The Bertz CT molecular complexity index is 239. The summed E-state index contributed by atoms with van der Waals surface area (Å²) in [5, 5.41) is 10.0. The third-order valence-electron chi connectivity index (χ3n) is 3.75. The van der Waals surface area contributed by atoms with Crippen molar-refractivity contribution >= 4 is 5.97 Å². The van der Waals surface area contributed by atoms with Crippen LogP contribution < -0.4 is 0 Å². The van der Waals surface area contributed by atoms with Crippen LogP contribution >= 0.6 is 0 Å². The first-order chi connectivity index (χ1) is 8.61. The SMILES string of the molecule is COC(=O)CCCN(C)CC(O)CC1CCCC1. The topological polar surface area (TPSA) is 49.8 Å². The molecule has 1 atom stereocenters. The Kier molecular flexibility index (Phi) is 7.28. The van der Waals surface area contributed by atoms with E-state index in [0.717, 1.165) is 25.3 Å². The Balaban J connectivity index is 2.06. The Morgan fingerprint density at radius 1 is 1.44 bits per heavy atom. The molecule has 0 bridgehead atoms. The summed E-state index contributed by atoms with van der Waals surface area (Å²) in [7, 11) is 3.41. The van der Waals surface area contributed by atoms with Gasteiger partial charge < -0.3 is 14.7 Å². The highest BCUT2D eigenvalue weighted by Crippen LogP contribution is 2.28. The van der Waals surface area contributed by atoms with E-state index in [1.54, 1.807) is 0 Å². The molecule has 0 saturated heterocycles. The van der Waals surface area contributed by atoms with E-state index in [4.69, 9.17) is 0 Å². The Morgan fingerprint density at radius 2 is 2.11 bits per heavy atom. The molecule has 1 N–H and O–H groups in total. The van der Waals surface area contributed by atoms with E-state index in [9.17, 15) is 9.90 Å². The van der Waals surface area contributed by atoms with Crippen molar-refractivity contribution in [3.05, 3.63) is 0 Å². The number of nitrogens with zero attached hydrogens (tertiary/aromatic N) is 1. The fourth-order valence-electron chi connectivity index (χ4n) is 2.75. The average Bonchev–Trinajstić information content (AvgIpc) is 2.81. The zero-order valence-electron chi connectivity index (χ0n) is 11.7. The third-order valence-corrected chi connectivity index (χ3v) is 3.75. The van der Waals surface area contributed by atoms with Gasteiger partial charge in [-0.25, -0.2) is 0 Å². The molecule has 106 valence electrons. The first kappa shape index (κ1) is 15.4. The van der Waals surface area contributed by atoms with Gasteiger partial charge in [0.2, 0.25) is 0 Å². The number of esters is 1. The summed E-state index contributed by atoms with van der Waals surface area (Å²) in [5.74, 6) is 0.568. The van der Waals surface area contributed by atoms with E-state index < -0.39 is 0 Å². The number of hydrogen-bond acceptors (Lipinski definition) is 4. The average molecular weight is 257 g/mol. The van der Waals surface area contributed by atoms with Crippen molar-refractivity contribution in [3.63, 3.8) is 0 Å². The van der Waals surface area contributed by atoms with E-state index in [0.29, 0.717) is 13.0 Å². The van der Waals surface area contributed by atoms with E-state index in [1.165, 1.54) is 32.8 Å². The van der Waals surface area contributed by atoms with E-state index in [1.807, 2.05) is 7.05 Å². The summed E-state index contributed by atoms with van der Waals surface area (Å²) < 4.78 is 4.59. The van der Waals surface area contributed by atoms with E-state index in [-0.39, 0.29) is 12.1 Å². The molecule has 0 aromatic rings. The smallest absolute Gasteiger partial charge is 0.305 e. The van der Waals surface area contributed by atoms with Crippen molar-refractivity contribution < 1.29 is 14.6 Å². The van der Waals surface area contributed by atoms with Crippen molar-refractivity contribution in [1.82, 2.24) is 4.90 Å². The molecule has 1 rings (SSSR count). The molecule has 0 radical (unpaired) electrons. The van der Waals surface area contributed by atoms with Crippen molar-refractivity contribution in [2.24, 2.45) is 5.92 Å². The van der Waals surface area contributed by atoms with Crippen LogP contribution in [0.4, 0.5) is 0 Å². The number of methoxy groups -OCH3 is 1. The largest absolute Gasteiger partial charge is 0.469 e. The highest BCUT2D eigenvalue weighted by atomic mass is 16.5. The molecule has 1 unspecified atom stereocenters. The highest BCUT2D eigenvalue weighted by Gasteiger charge is 2.19. The number of aliphatic hydroxyl groups is 1. The van der Waals surface area contributed by atoms with Gasteiger partial charge in [0, 0.05) is 13.0 Å². The maximum absolute atomic E-state index is 11.0. The van der Waals surface area contributed by atoms with Crippen LogP contribution in [0.25, 0.3) is 0 Å². The summed E-state index contributed by atoms with van der Waals surface area (Å²) in [4.78, 5) is 13.1. The first-order valence-corrected chi connectivity index (χ1v) is 7.05. The molecule has 0 aliphatic heterocycles. The van der Waals surface area contributed by atoms with E-state index >= 15 is 0 Å². The lowest BCUT2D eigenvalue weighted by molar-refractivity contribution is -0.140. The van der Waals surface area contributed by atoms with Crippen LogP contribution in [0.3, 0.4) is 0 Å². The van der Waals surface area contributed by atoms with Crippen LogP contribution in [0.2, 0.25) is 0 Å². The molecule has 4 nitrogen and oxygen atoms in total. The van der Waals surface area contributed by atoms with Gasteiger partial charge in [-0.3, -0.25) is 4.79 Å². The van der Waals surface area contributed by atoms with Gasteiger partial charge in [-0.2, -0.15) is 0 Å². The molecule has 0 heterocycles. The van der Waals surface area contributed by atoms with Gasteiger partial charge in [-0.1, -0.05) is 25.7 Å². The van der Waals surface area contributed by atoms with Crippen molar-refractivity contribution in [3.8, 4) is 0 Å². The number of ether oxygens (including phenoxy) is 1. The molecule has 0 spiro atoms. The second-order valence-corrected chi connectivity index (χ2v) is 5.48. The molecule has 1 saturated carbocycles. The number of hydrogen-bond donors (Lipinski definition) is 1. The molecule has 1 aliphatic carbocycles. The second-order valence-electron chi connectivity index (χ2n) is 5.48. The Morgan fingerprint density at radius 3 is 2.72 bits per heavy atom. The number of carbonyl (C=O) groups is 1. The molecule has 18 heavy (non-hydrogen) atoms. The standard InChI is InChI=1S/C14H27NO3/c1-15(9-5-8-14(17)18-2)11-13(16)10-12-6-3-4-7-12/h12-13,16H,3-11H2,1-2H3. The van der Waals surface area contributed by atoms with Crippen LogP contribution in [0.5, 0.6) is 0 Å². The maximum atomic E-state index is 11.0.